The smallest absolute Gasteiger partial charge is 0.335 e. The van der Waals surface area contributed by atoms with Gasteiger partial charge in [-0.05, 0) is 18.9 Å². The van der Waals surface area contributed by atoms with Gasteiger partial charge in [0, 0.05) is 12.6 Å². The van der Waals surface area contributed by atoms with E-state index < -0.39 is 23.5 Å². The standard InChI is InChI=1S/C11H11NO5/c13-9-4-3-7(6-17-9)10(14)12-5-1-2-8(12)11(15)16/h3-4,6,8H,1-2,5H2,(H,15,16). The van der Waals surface area contributed by atoms with E-state index in [1.54, 1.807) is 0 Å². The highest BCUT2D eigenvalue weighted by Gasteiger charge is 2.34. The molecule has 1 unspecified atom stereocenters. The van der Waals surface area contributed by atoms with E-state index in [-0.39, 0.29) is 5.56 Å². The summed E-state index contributed by atoms with van der Waals surface area (Å²) in [6, 6.07) is 1.69. The molecule has 0 spiro atoms. The van der Waals surface area contributed by atoms with Gasteiger partial charge in [0.1, 0.15) is 12.3 Å². The van der Waals surface area contributed by atoms with Crippen molar-refractivity contribution in [3.05, 3.63) is 34.4 Å². The van der Waals surface area contributed by atoms with Crippen LogP contribution in [0.4, 0.5) is 0 Å². The number of carbonyl (C=O) groups excluding carboxylic acids is 1. The second kappa shape index (κ2) is 4.40. The monoisotopic (exact) mass is 237 g/mol. The molecule has 1 aromatic rings. The maximum Gasteiger partial charge on any atom is 0.335 e. The molecule has 6 heteroatoms. The summed E-state index contributed by atoms with van der Waals surface area (Å²) in [5.74, 6) is -1.42. The highest BCUT2D eigenvalue weighted by molar-refractivity contribution is 5.96. The molecular weight excluding hydrogens is 226 g/mol. The van der Waals surface area contributed by atoms with Crippen molar-refractivity contribution in [3.8, 4) is 0 Å². The van der Waals surface area contributed by atoms with Crippen molar-refractivity contribution >= 4 is 11.9 Å². The van der Waals surface area contributed by atoms with Gasteiger partial charge in [0.25, 0.3) is 5.91 Å². The molecule has 0 radical (unpaired) electrons. The van der Waals surface area contributed by atoms with Crippen molar-refractivity contribution in [1.29, 1.82) is 0 Å². The molecule has 1 saturated heterocycles. The molecule has 17 heavy (non-hydrogen) atoms. The van der Waals surface area contributed by atoms with Gasteiger partial charge in [0.05, 0.1) is 5.56 Å². The second-order valence-electron chi connectivity index (χ2n) is 3.84. The van der Waals surface area contributed by atoms with Crippen molar-refractivity contribution in [2.45, 2.75) is 18.9 Å². The van der Waals surface area contributed by atoms with Crippen LogP contribution in [-0.4, -0.2) is 34.5 Å². The lowest BCUT2D eigenvalue weighted by Crippen LogP contribution is -2.40. The van der Waals surface area contributed by atoms with Crippen molar-refractivity contribution < 1.29 is 19.1 Å². The number of hydrogen-bond donors (Lipinski definition) is 1. The fraction of sp³-hybridized carbons (Fsp3) is 0.364. The maximum absolute atomic E-state index is 12.0. The Kier molecular flexibility index (Phi) is 2.95. The van der Waals surface area contributed by atoms with Crippen LogP contribution in [0.15, 0.2) is 27.6 Å². The molecule has 1 aromatic heterocycles. The number of aliphatic carboxylic acids is 1. The maximum atomic E-state index is 12.0. The largest absolute Gasteiger partial charge is 0.480 e. The van der Waals surface area contributed by atoms with Crippen LogP contribution in [0.2, 0.25) is 0 Å². The molecule has 1 atom stereocenters. The number of carbonyl (C=O) groups is 2. The van der Waals surface area contributed by atoms with Crippen molar-refractivity contribution in [2.75, 3.05) is 6.54 Å². The Morgan fingerprint density at radius 3 is 2.76 bits per heavy atom. The summed E-state index contributed by atoms with van der Waals surface area (Å²) in [4.78, 5) is 34.9. The second-order valence-corrected chi connectivity index (χ2v) is 3.84. The van der Waals surface area contributed by atoms with E-state index in [9.17, 15) is 14.4 Å². The molecule has 0 bridgehead atoms. The molecule has 2 rings (SSSR count). The zero-order chi connectivity index (χ0) is 12.4. The summed E-state index contributed by atoms with van der Waals surface area (Å²) in [6.45, 7) is 0.412. The van der Waals surface area contributed by atoms with Crippen molar-refractivity contribution in [1.82, 2.24) is 4.90 Å². The van der Waals surface area contributed by atoms with Crippen molar-refractivity contribution in [3.63, 3.8) is 0 Å². The van der Waals surface area contributed by atoms with Gasteiger partial charge in [-0.1, -0.05) is 0 Å². The predicted molar refractivity (Wildman–Crippen MR) is 56.7 cm³/mol. The molecule has 0 aromatic carbocycles. The zero-order valence-corrected chi connectivity index (χ0v) is 8.96. The molecular formula is C11H11NO5. The minimum Gasteiger partial charge on any atom is -0.480 e. The van der Waals surface area contributed by atoms with Crippen LogP contribution < -0.4 is 5.63 Å². The first-order valence-corrected chi connectivity index (χ1v) is 5.22. The number of hydrogen-bond acceptors (Lipinski definition) is 4. The van der Waals surface area contributed by atoms with E-state index in [2.05, 4.69) is 4.42 Å². The SMILES string of the molecule is O=C(O)C1CCCN1C(=O)c1ccc(=O)oc1. The Bertz CT molecular complexity index is 486. The number of nitrogens with zero attached hydrogens (tertiary/aromatic N) is 1. The molecule has 2 heterocycles. The highest BCUT2D eigenvalue weighted by atomic mass is 16.4. The van der Waals surface area contributed by atoms with Gasteiger partial charge >= 0.3 is 11.6 Å². The third-order valence-corrected chi connectivity index (χ3v) is 2.75. The highest BCUT2D eigenvalue weighted by Crippen LogP contribution is 2.19. The zero-order valence-electron chi connectivity index (χ0n) is 8.96. The van der Waals surface area contributed by atoms with Gasteiger partial charge in [-0.3, -0.25) is 4.79 Å². The minimum atomic E-state index is -1.01. The Morgan fingerprint density at radius 2 is 2.18 bits per heavy atom. The molecule has 0 saturated carbocycles. The van der Waals surface area contributed by atoms with E-state index in [1.807, 2.05) is 0 Å². The van der Waals surface area contributed by atoms with Gasteiger partial charge in [0.15, 0.2) is 0 Å². The average molecular weight is 237 g/mol. The molecule has 90 valence electrons. The van der Waals surface area contributed by atoms with E-state index in [4.69, 9.17) is 5.11 Å². The topological polar surface area (TPSA) is 87.8 Å². The van der Waals surface area contributed by atoms with Crippen LogP contribution in [0.3, 0.4) is 0 Å². The number of rotatable bonds is 2. The number of likely N-dealkylation sites (tertiary alicyclic amines) is 1. The lowest BCUT2D eigenvalue weighted by molar-refractivity contribution is -0.141. The molecule has 0 aliphatic carbocycles. The van der Waals surface area contributed by atoms with E-state index >= 15 is 0 Å². The summed E-state index contributed by atoms with van der Waals surface area (Å²) >= 11 is 0. The fourth-order valence-electron chi connectivity index (χ4n) is 1.91. The molecule has 1 aliphatic heterocycles. The lowest BCUT2D eigenvalue weighted by Gasteiger charge is -2.20. The van der Waals surface area contributed by atoms with Gasteiger partial charge in [-0.25, -0.2) is 9.59 Å². The number of amides is 1. The first-order valence-electron chi connectivity index (χ1n) is 5.22. The lowest BCUT2D eigenvalue weighted by atomic mass is 10.2. The van der Waals surface area contributed by atoms with Gasteiger partial charge in [0.2, 0.25) is 0 Å². The van der Waals surface area contributed by atoms with Gasteiger partial charge in [-0.15, -0.1) is 0 Å². The van der Waals surface area contributed by atoms with Crippen LogP contribution in [0.1, 0.15) is 23.2 Å². The minimum absolute atomic E-state index is 0.192. The van der Waals surface area contributed by atoms with Crippen LogP contribution in [0.25, 0.3) is 0 Å². The normalized spacial score (nSPS) is 19.3. The number of carboxylic acids is 1. The average Bonchev–Trinajstić information content (AvgIpc) is 2.78. The van der Waals surface area contributed by atoms with Crippen LogP contribution in [-0.2, 0) is 4.79 Å². The number of carboxylic acid groups (broad SMARTS) is 1. The quantitative estimate of drug-likeness (QED) is 0.800. The third-order valence-electron chi connectivity index (χ3n) is 2.75. The van der Waals surface area contributed by atoms with Crippen molar-refractivity contribution in [2.24, 2.45) is 0 Å². The van der Waals surface area contributed by atoms with E-state index in [1.165, 1.54) is 11.0 Å². The Labute approximate surface area is 96.5 Å². The Morgan fingerprint density at radius 1 is 1.41 bits per heavy atom. The third kappa shape index (κ3) is 2.20. The first-order chi connectivity index (χ1) is 8.09. The van der Waals surface area contributed by atoms with E-state index in [0.29, 0.717) is 19.4 Å². The van der Waals surface area contributed by atoms with Gasteiger partial charge < -0.3 is 14.4 Å². The Hall–Kier alpha value is -2.11. The fourth-order valence-corrected chi connectivity index (χ4v) is 1.91. The van der Waals surface area contributed by atoms with Crippen LogP contribution in [0.5, 0.6) is 0 Å². The van der Waals surface area contributed by atoms with Crippen LogP contribution >= 0.6 is 0 Å². The molecule has 6 nitrogen and oxygen atoms in total. The summed E-state index contributed by atoms with van der Waals surface area (Å²) in [5, 5.41) is 8.96. The van der Waals surface area contributed by atoms with Crippen LogP contribution in [0, 0.1) is 0 Å². The van der Waals surface area contributed by atoms with Gasteiger partial charge in [-0.2, -0.15) is 0 Å². The molecule has 1 fully saturated rings. The van der Waals surface area contributed by atoms with E-state index in [0.717, 1.165) is 12.3 Å². The summed E-state index contributed by atoms with van der Waals surface area (Å²) in [6.07, 6.45) is 2.18. The first kappa shape index (κ1) is 11.4. The molecule has 1 amide bonds. The summed E-state index contributed by atoms with van der Waals surface area (Å²) in [7, 11) is 0. The predicted octanol–water partition coefficient (Wildman–Crippen LogP) is 0.329. The molecule has 1 aliphatic rings. The summed E-state index contributed by atoms with van der Waals surface area (Å²) < 4.78 is 4.58. The molecule has 1 N–H and O–H groups in total. The summed E-state index contributed by atoms with van der Waals surface area (Å²) in [5.41, 5.74) is -0.351. The Balaban J connectivity index is 2.22.